The Labute approximate surface area is 95.9 Å². The highest BCUT2D eigenvalue weighted by Gasteiger charge is 2.08. The Balaban J connectivity index is 2.28. The summed E-state index contributed by atoms with van der Waals surface area (Å²) in [6.07, 6.45) is 6.86. The van der Waals surface area contributed by atoms with Gasteiger partial charge in [-0.1, -0.05) is 0 Å². The first-order chi connectivity index (χ1) is 8.42. The van der Waals surface area contributed by atoms with Gasteiger partial charge in [0.1, 0.15) is 5.58 Å². The van der Waals surface area contributed by atoms with Gasteiger partial charge in [0.05, 0.1) is 17.2 Å². The summed E-state index contributed by atoms with van der Waals surface area (Å²) in [4.78, 5) is 12.6. The molecular formula is C13H7N3O. The maximum Gasteiger partial charge on any atom is 0.153 e. The fraction of sp³-hybridized carbons (Fsp3) is 0. The Morgan fingerprint density at radius 2 is 1.65 bits per heavy atom. The molecule has 3 heterocycles. The van der Waals surface area contributed by atoms with E-state index in [4.69, 9.17) is 4.42 Å². The van der Waals surface area contributed by atoms with Crippen molar-refractivity contribution in [3.8, 4) is 0 Å². The minimum Gasteiger partial charge on any atom is -0.454 e. The third-order valence-corrected chi connectivity index (χ3v) is 2.87. The number of fused-ring (bicyclic) bond motifs is 4. The predicted molar refractivity (Wildman–Crippen MR) is 64.6 cm³/mol. The number of hydrogen-bond acceptors (Lipinski definition) is 4. The topological polar surface area (TPSA) is 51.8 Å². The number of benzene rings is 1. The molecule has 4 aromatic rings. The second-order valence-electron chi connectivity index (χ2n) is 3.87. The largest absolute Gasteiger partial charge is 0.454 e. The molecule has 80 valence electrons. The maximum absolute atomic E-state index is 5.73. The number of nitrogens with zero attached hydrogens (tertiary/aromatic N) is 3. The van der Waals surface area contributed by atoms with Crippen molar-refractivity contribution in [2.45, 2.75) is 0 Å². The summed E-state index contributed by atoms with van der Waals surface area (Å²) in [5, 5.41) is 2.11. The second kappa shape index (κ2) is 3.01. The minimum atomic E-state index is 0.790. The van der Waals surface area contributed by atoms with E-state index in [1.54, 1.807) is 24.8 Å². The minimum absolute atomic E-state index is 0.790. The van der Waals surface area contributed by atoms with Gasteiger partial charge in [-0.3, -0.25) is 15.0 Å². The monoisotopic (exact) mass is 221 g/mol. The summed E-state index contributed by atoms with van der Waals surface area (Å²) in [6.45, 7) is 0. The normalized spacial score (nSPS) is 11.5. The molecule has 0 atom stereocenters. The first kappa shape index (κ1) is 8.64. The van der Waals surface area contributed by atoms with E-state index in [1.807, 2.05) is 18.2 Å². The second-order valence-corrected chi connectivity index (χ2v) is 3.87. The first-order valence-corrected chi connectivity index (χ1v) is 5.29. The van der Waals surface area contributed by atoms with E-state index in [-0.39, 0.29) is 0 Å². The van der Waals surface area contributed by atoms with Crippen molar-refractivity contribution in [1.29, 1.82) is 0 Å². The molecule has 0 saturated heterocycles. The van der Waals surface area contributed by atoms with Crippen LogP contribution in [0.15, 0.2) is 47.4 Å². The zero-order chi connectivity index (χ0) is 11.2. The fourth-order valence-electron chi connectivity index (χ4n) is 2.09. The van der Waals surface area contributed by atoms with Gasteiger partial charge < -0.3 is 4.42 Å². The van der Waals surface area contributed by atoms with Gasteiger partial charge in [0.15, 0.2) is 5.58 Å². The summed E-state index contributed by atoms with van der Waals surface area (Å²) in [6, 6.07) is 5.87. The van der Waals surface area contributed by atoms with Crippen molar-refractivity contribution >= 4 is 33.0 Å². The average molecular weight is 221 g/mol. The third-order valence-electron chi connectivity index (χ3n) is 2.87. The molecule has 0 saturated carbocycles. The summed E-state index contributed by atoms with van der Waals surface area (Å²) in [7, 11) is 0. The highest BCUT2D eigenvalue weighted by Crippen LogP contribution is 2.29. The highest BCUT2D eigenvalue weighted by atomic mass is 16.3. The van der Waals surface area contributed by atoms with Gasteiger partial charge in [0.25, 0.3) is 0 Å². The van der Waals surface area contributed by atoms with E-state index in [1.165, 1.54) is 0 Å². The molecule has 0 amide bonds. The first-order valence-electron chi connectivity index (χ1n) is 5.29. The molecule has 0 spiro atoms. The molecule has 0 fully saturated rings. The van der Waals surface area contributed by atoms with Crippen LogP contribution in [0.1, 0.15) is 0 Å². The molecule has 4 nitrogen and oxygen atoms in total. The molecule has 0 aliphatic rings. The quantitative estimate of drug-likeness (QED) is 0.458. The van der Waals surface area contributed by atoms with Crippen molar-refractivity contribution in [3.63, 3.8) is 0 Å². The van der Waals surface area contributed by atoms with E-state index in [0.717, 1.165) is 33.0 Å². The molecule has 0 aliphatic carbocycles. The molecule has 4 rings (SSSR count). The number of hydrogen-bond donors (Lipinski definition) is 0. The van der Waals surface area contributed by atoms with Crippen LogP contribution in [0.25, 0.3) is 33.0 Å². The zero-order valence-electron chi connectivity index (χ0n) is 8.79. The Kier molecular flexibility index (Phi) is 1.53. The number of rotatable bonds is 0. The average Bonchev–Trinajstić information content (AvgIpc) is 2.73. The van der Waals surface area contributed by atoms with Gasteiger partial charge in [-0.05, 0) is 12.1 Å². The molecule has 0 aliphatic heterocycles. The van der Waals surface area contributed by atoms with Gasteiger partial charge in [0, 0.05) is 35.4 Å². The van der Waals surface area contributed by atoms with Crippen LogP contribution in [0.4, 0.5) is 0 Å². The number of furan rings is 1. The summed E-state index contributed by atoms with van der Waals surface area (Å²) in [5.74, 6) is 0. The van der Waals surface area contributed by atoms with Crippen LogP contribution in [0.3, 0.4) is 0 Å². The van der Waals surface area contributed by atoms with Crippen molar-refractivity contribution in [2.24, 2.45) is 0 Å². The molecule has 3 aromatic heterocycles. The standard InChI is InChI=1S/C13H7N3O/c1-2-14-7-13-8(1)9-5-10-11(6-12(9)17-13)16-4-3-15-10/h1-7H. The van der Waals surface area contributed by atoms with E-state index < -0.39 is 0 Å². The summed E-state index contributed by atoms with van der Waals surface area (Å²) >= 11 is 0. The van der Waals surface area contributed by atoms with E-state index in [0.29, 0.717) is 0 Å². The Morgan fingerprint density at radius 3 is 2.53 bits per heavy atom. The van der Waals surface area contributed by atoms with Gasteiger partial charge in [0.2, 0.25) is 0 Å². The molecule has 1 aromatic carbocycles. The van der Waals surface area contributed by atoms with Crippen LogP contribution in [0.5, 0.6) is 0 Å². The van der Waals surface area contributed by atoms with Crippen LogP contribution < -0.4 is 0 Å². The summed E-state index contributed by atoms with van der Waals surface area (Å²) in [5.41, 5.74) is 3.32. The molecule has 0 radical (unpaired) electrons. The molecular weight excluding hydrogens is 214 g/mol. The highest BCUT2D eigenvalue weighted by molar-refractivity contribution is 6.08. The summed E-state index contributed by atoms with van der Waals surface area (Å²) < 4.78 is 5.73. The van der Waals surface area contributed by atoms with E-state index in [9.17, 15) is 0 Å². The van der Waals surface area contributed by atoms with Crippen molar-refractivity contribution in [1.82, 2.24) is 15.0 Å². The Morgan fingerprint density at radius 1 is 0.824 bits per heavy atom. The van der Waals surface area contributed by atoms with Crippen molar-refractivity contribution < 1.29 is 4.42 Å². The van der Waals surface area contributed by atoms with E-state index >= 15 is 0 Å². The van der Waals surface area contributed by atoms with Crippen LogP contribution in [0.2, 0.25) is 0 Å². The molecule has 0 unspecified atom stereocenters. The molecule has 0 bridgehead atoms. The van der Waals surface area contributed by atoms with Gasteiger partial charge in [-0.25, -0.2) is 0 Å². The van der Waals surface area contributed by atoms with Gasteiger partial charge in [-0.15, -0.1) is 0 Å². The van der Waals surface area contributed by atoms with Gasteiger partial charge >= 0.3 is 0 Å². The van der Waals surface area contributed by atoms with Gasteiger partial charge in [-0.2, -0.15) is 0 Å². The molecule has 0 N–H and O–H groups in total. The zero-order valence-corrected chi connectivity index (χ0v) is 8.79. The Bertz CT molecular complexity index is 845. The number of aromatic nitrogens is 3. The fourth-order valence-corrected chi connectivity index (χ4v) is 2.09. The van der Waals surface area contributed by atoms with Crippen LogP contribution in [-0.4, -0.2) is 15.0 Å². The SMILES string of the molecule is c1cc2c(cn1)oc1cc3nccnc3cc12. The van der Waals surface area contributed by atoms with Crippen LogP contribution >= 0.6 is 0 Å². The molecule has 4 heteroatoms. The lowest BCUT2D eigenvalue weighted by Crippen LogP contribution is -1.80. The smallest absolute Gasteiger partial charge is 0.153 e. The lowest BCUT2D eigenvalue weighted by Gasteiger charge is -1.94. The lowest BCUT2D eigenvalue weighted by atomic mass is 10.1. The van der Waals surface area contributed by atoms with Crippen molar-refractivity contribution in [3.05, 3.63) is 43.0 Å². The van der Waals surface area contributed by atoms with Crippen LogP contribution in [0, 0.1) is 0 Å². The third kappa shape index (κ3) is 1.15. The predicted octanol–water partition coefficient (Wildman–Crippen LogP) is 2.92. The van der Waals surface area contributed by atoms with E-state index in [2.05, 4.69) is 15.0 Å². The number of pyridine rings is 1. The Hall–Kier alpha value is -2.49. The maximum atomic E-state index is 5.73. The lowest BCUT2D eigenvalue weighted by molar-refractivity contribution is 0.667. The van der Waals surface area contributed by atoms with Crippen molar-refractivity contribution in [2.75, 3.05) is 0 Å². The molecule has 17 heavy (non-hydrogen) atoms. The van der Waals surface area contributed by atoms with Crippen LogP contribution in [-0.2, 0) is 0 Å².